The molecule has 6 nitrogen and oxygen atoms in total. The highest BCUT2D eigenvalue weighted by molar-refractivity contribution is 5.98. The van der Waals surface area contributed by atoms with E-state index >= 15 is 0 Å². The van der Waals surface area contributed by atoms with Crippen LogP contribution in [0.1, 0.15) is 30.1 Å². The SMILES string of the molecule is CCOC(=O)CN(C(=O)c1cccnc1OC)C1CC1. The van der Waals surface area contributed by atoms with Gasteiger partial charge >= 0.3 is 5.97 Å². The van der Waals surface area contributed by atoms with Crippen molar-refractivity contribution in [1.82, 2.24) is 9.88 Å². The van der Waals surface area contributed by atoms with Crippen LogP contribution in [0.5, 0.6) is 5.88 Å². The number of carbonyl (C=O) groups is 2. The van der Waals surface area contributed by atoms with Crippen LogP contribution in [0.25, 0.3) is 0 Å². The second-order valence-corrected chi connectivity index (χ2v) is 4.53. The van der Waals surface area contributed by atoms with Crippen LogP contribution in [0.4, 0.5) is 0 Å². The van der Waals surface area contributed by atoms with Crippen molar-refractivity contribution in [2.45, 2.75) is 25.8 Å². The maximum atomic E-state index is 12.5. The Labute approximate surface area is 117 Å². The number of hydrogen-bond donors (Lipinski definition) is 0. The summed E-state index contributed by atoms with van der Waals surface area (Å²) in [5.74, 6) is -0.367. The number of aromatic nitrogens is 1. The topological polar surface area (TPSA) is 68.7 Å². The van der Waals surface area contributed by atoms with E-state index in [9.17, 15) is 9.59 Å². The first-order chi connectivity index (χ1) is 9.67. The lowest BCUT2D eigenvalue weighted by atomic mass is 10.2. The summed E-state index contributed by atoms with van der Waals surface area (Å²) in [5, 5.41) is 0. The van der Waals surface area contributed by atoms with E-state index < -0.39 is 5.97 Å². The normalized spacial score (nSPS) is 13.7. The van der Waals surface area contributed by atoms with Crippen molar-refractivity contribution in [3.63, 3.8) is 0 Å². The fourth-order valence-corrected chi connectivity index (χ4v) is 1.97. The lowest BCUT2D eigenvalue weighted by molar-refractivity contribution is -0.144. The first kappa shape index (κ1) is 14.3. The third-order valence-corrected chi connectivity index (χ3v) is 3.05. The summed E-state index contributed by atoms with van der Waals surface area (Å²) in [5.41, 5.74) is 0.367. The lowest BCUT2D eigenvalue weighted by Gasteiger charge is -2.21. The predicted molar refractivity (Wildman–Crippen MR) is 71.5 cm³/mol. The van der Waals surface area contributed by atoms with Crippen molar-refractivity contribution in [3.05, 3.63) is 23.9 Å². The Kier molecular flexibility index (Phi) is 4.55. The molecule has 6 heteroatoms. The van der Waals surface area contributed by atoms with Gasteiger partial charge in [0, 0.05) is 12.2 Å². The van der Waals surface area contributed by atoms with E-state index in [2.05, 4.69) is 4.98 Å². The number of carbonyl (C=O) groups excluding carboxylic acids is 2. The summed E-state index contributed by atoms with van der Waals surface area (Å²) in [6.07, 6.45) is 3.38. The number of methoxy groups -OCH3 is 1. The van der Waals surface area contributed by atoms with Crippen LogP contribution in [0, 0.1) is 0 Å². The molecule has 0 bridgehead atoms. The van der Waals surface area contributed by atoms with Crippen LogP contribution < -0.4 is 4.74 Å². The van der Waals surface area contributed by atoms with Crippen LogP contribution in [0.2, 0.25) is 0 Å². The summed E-state index contributed by atoms with van der Waals surface area (Å²) in [4.78, 5) is 29.7. The van der Waals surface area contributed by atoms with Crippen LogP contribution in [-0.4, -0.2) is 48.1 Å². The number of rotatable bonds is 6. The number of amides is 1. The molecule has 20 heavy (non-hydrogen) atoms. The highest BCUT2D eigenvalue weighted by Gasteiger charge is 2.35. The molecule has 1 heterocycles. The van der Waals surface area contributed by atoms with Gasteiger partial charge in [-0.05, 0) is 31.9 Å². The molecule has 1 saturated carbocycles. The molecule has 0 atom stereocenters. The third kappa shape index (κ3) is 3.26. The van der Waals surface area contributed by atoms with E-state index in [-0.39, 0.29) is 24.4 Å². The average molecular weight is 278 g/mol. The van der Waals surface area contributed by atoms with Gasteiger partial charge in [0.1, 0.15) is 12.1 Å². The minimum atomic E-state index is -0.393. The molecule has 0 aromatic carbocycles. The number of pyridine rings is 1. The van der Waals surface area contributed by atoms with E-state index in [1.165, 1.54) is 12.0 Å². The summed E-state index contributed by atoms with van der Waals surface area (Å²) >= 11 is 0. The largest absolute Gasteiger partial charge is 0.480 e. The van der Waals surface area contributed by atoms with Gasteiger partial charge in [-0.1, -0.05) is 0 Å². The Morgan fingerprint density at radius 1 is 1.45 bits per heavy atom. The fourth-order valence-electron chi connectivity index (χ4n) is 1.97. The van der Waals surface area contributed by atoms with E-state index in [0.717, 1.165) is 12.8 Å². The molecular formula is C14H18N2O4. The highest BCUT2D eigenvalue weighted by atomic mass is 16.5. The molecule has 0 unspecified atom stereocenters. The molecule has 1 aromatic heterocycles. The van der Waals surface area contributed by atoms with Crippen molar-refractivity contribution in [1.29, 1.82) is 0 Å². The molecule has 0 saturated heterocycles. The summed E-state index contributed by atoms with van der Waals surface area (Å²) < 4.78 is 10.0. The third-order valence-electron chi connectivity index (χ3n) is 3.05. The average Bonchev–Trinajstić information content (AvgIpc) is 3.29. The number of nitrogens with zero attached hydrogens (tertiary/aromatic N) is 2. The van der Waals surface area contributed by atoms with Gasteiger partial charge in [-0.15, -0.1) is 0 Å². The van der Waals surface area contributed by atoms with Gasteiger partial charge in [0.2, 0.25) is 5.88 Å². The molecule has 1 aliphatic carbocycles. The zero-order valence-electron chi connectivity index (χ0n) is 11.7. The zero-order chi connectivity index (χ0) is 14.5. The standard InChI is InChI=1S/C14H18N2O4/c1-3-20-12(17)9-16(10-6-7-10)14(18)11-5-4-8-15-13(11)19-2/h4-5,8,10H,3,6-7,9H2,1-2H3. The van der Waals surface area contributed by atoms with Gasteiger partial charge < -0.3 is 14.4 Å². The summed E-state index contributed by atoms with van der Waals surface area (Å²) in [6, 6.07) is 3.43. The fraction of sp³-hybridized carbons (Fsp3) is 0.500. The molecule has 2 rings (SSSR count). The van der Waals surface area contributed by atoms with E-state index in [4.69, 9.17) is 9.47 Å². The number of ether oxygens (including phenoxy) is 2. The van der Waals surface area contributed by atoms with Crippen LogP contribution in [0.3, 0.4) is 0 Å². The number of hydrogen-bond acceptors (Lipinski definition) is 5. The summed E-state index contributed by atoms with van der Waals surface area (Å²) in [6.45, 7) is 2.02. The van der Waals surface area contributed by atoms with Crippen LogP contribution >= 0.6 is 0 Å². The zero-order valence-corrected chi connectivity index (χ0v) is 11.7. The predicted octanol–water partition coefficient (Wildman–Crippen LogP) is 1.26. The monoisotopic (exact) mass is 278 g/mol. The van der Waals surface area contributed by atoms with Crippen LogP contribution in [-0.2, 0) is 9.53 Å². The second kappa shape index (κ2) is 6.36. The molecule has 0 aliphatic heterocycles. The van der Waals surface area contributed by atoms with E-state index in [1.807, 2.05) is 0 Å². The van der Waals surface area contributed by atoms with Crippen molar-refractivity contribution in [3.8, 4) is 5.88 Å². The lowest BCUT2D eigenvalue weighted by Crippen LogP contribution is -2.38. The molecular weight excluding hydrogens is 260 g/mol. The Bertz CT molecular complexity index is 500. The smallest absolute Gasteiger partial charge is 0.325 e. The minimum absolute atomic E-state index is 0.0324. The van der Waals surface area contributed by atoms with Gasteiger partial charge in [0.15, 0.2) is 0 Å². The molecule has 1 aromatic rings. The first-order valence-corrected chi connectivity index (χ1v) is 6.63. The maximum absolute atomic E-state index is 12.5. The minimum Gasteiger partial charge on any atom is -0.480 e. The van der Waals surface area contributed by atoms with Gasteiger partial charge in [-0.3, -0.25) is 9.59 Å². The molecule has 1 fully saturated rings. The van der Waals surface area contributed by atoms with Crippen LogP contribution in [0.15, 0.2) is 18.3 Å². The molecule has 108 valence electrons. The van der Waals surface area contributed by atoms with Gasteiger partial charge in [-0.2, -0.15) is 0 Å². The quantitative estimate of drug-likeness (QED) is 0.733. The molecule has 1 aliphatic rings. The van der Waals surface area contributed by atoms with E-state index in [0.29, 0.717) is 12.2 Å². The summed E-state index contributed by atoms with van der Waals surface area (Å²) in [7, 11) is 1.46. The Hall–Kier alpha value is -2.11. The van der Waals surface area contributed by atoms with Crippen molar-refractivity contribution in [2.24, 2.45) is 0 Å². The Morgan fingerprint density at radius 3 is 2.80 bits per heavy atom. The van der Waals surface area contributed by atoms with Crippen molar-refractivity contribution in [2.75, 3.05) is 20.3 Å². The van der Waals surface area contributed by atoms with Crippen molar-refractivity contribution < 1.29 is 19.1 Å². The first-order valence-electron chi connectivity index (χ1n) is 6.63. The second-order valence-electron chi connectivity index (χ2n) is 4.53. The van der Waals surface area contributed by atoms with E-state index in [1.54, 1.807) is 25.3 Å². The van der Waals surface area contributed by atoms with Gasteiger partial charge in [-0.25, -0.2) is 4.98 Å². The van der Waals surface area contributed by atoms with Gasteiger partial charge in [0.25, 0.3) is 5.91 Å². The molecule has 0 spiro atoms. The molecule has 1 amide bonds. The number of esters is 1. The molecule has 0 N–H and O–H groups in total. The Morgan fingerprint density at radius 2 is 2.20 bits per heavy atom. The maximum Gasteiger partial charge on any atom is 0.325 e. The Balaban J connectivity index is 2.16. The highest BCUT2D eigenvalue weighted by Crippen LogP contribution is 2.29. The van der Waals surface area contributed by atoms with Crippen molar-refractivity contribution >= 4 is 11.9 Å². The van der Waals surface area contributed by atoms with Gasteiger partial charge in [0.05, 0.1) is 13.7 Å². The molecule has 0 radical (unpaired) electrons.